The highest BCUT2D eigenvalue weighted by Gasteiger charge is 2.28. The Morgan fingerprint density at radius 2 is 2.00 bits per heavy atom. The number of aryl methyl sites for hydroxylation is 1. The number of aromatic nitrogens is 1. The zero-order chi connectivity index (χ0) is 17.1. The molecule has 1 aromatic heterocycles. The number of hydrogen-bond acceptors (Lipinski definition) is 3. The summed E-state index contributed by atoms with van der Waals surface area (Å²) in [7, 11) is 2.03. The standard InChI is InChI=1S/C18H22N4O2/c1-21-10-2-4-15(21)16-5-3-11-22(16)12-17(23)20-14-8-6-13(7-9-14)18(19)24/h2,4,6-10,16H,3,5,11-12H2,1H3,(H2,19,24)(H,20,23)/t16-/m0/s1. The highest BCUT2D eigenvalue weighted by atomic mass is 16.2. The lowest BCUT2D eigenvalue weighted by Crippen LogP contribution is -2.33. The van der Waals surface area contributed by atoms with Crippen LogP contribution in [0.1, 0.15) is 34.9 Å². The van der Waals surface area contributed by atoms with Gasteiger partial charge in [-0.3, -0.25) is 14.5 Å². The summed E-state index contributed by atoms with van der Waals surface area (Å²) in [6.45, 7) is 1.28. The number of likely N-dealkylation sites (tertiary alicyclic amines) is 1. The van der Waals surface area contributed by atoms with Crippen LogP contribution in [0.25, 0.3) is 0 Å². The van der Waals surface area contributed by atoms with E-state index in [0.717, 1.165) is 19.4 Å². The van der Waals surface area contributed by atoms with Gasteiger partial charge in [-0.2, -0.15) is 0 Å². The quantitative estimate of drug-likeness (QED) is 0.880. The van der Waals surface area contributed by atoms with Crippen molar-refractivity contribution in [3.05, 3.63) is 53.9 Å². The van der Waals surface area contributed by atoms with Crippen molar-refractivity contribution in [2.75, 3.05) is 18.4 Å². The van der Waals surface area contributed by atoms with Crippen molar-refractivity contribution in [1.29, 1.82) is 0 Å². The molecule has 3 rings (SSSR count). The van der Waals surface area contributed by atoms with Crippen LogP contribution in [-0.4, -0.2) is 34.4 Å². The van der Waals surface area contributed by atoms with Gasteiger partial charge < -0.3 is 15.6 Å². The van der Waals surface area contributed by atoms with E-state index in [4.69, 9.17) is 5.73 Å². The number of hydrogen-bond donors (Lipinski definition) is 2. The lowest BCUT2D eigenvalue weighted by Gasteiger charge is -2.24. The van der Waals surface area contributed by atoms with Crippen molar-refractivity contribution in [3.8, 4) is 0 Å². The summed E-state index contributed by atoms with van der Waals surface area (Å²) in [5, 5.41) is 2.88. The lowest BCUT2D eigenvalue weighted by atomic mass is 10.1. The first-order valence-corrected chi connectivity index (χ1v) is 8.09. The van der Waals surface area contributed by atoms with Gasteiger partial charge in [0.05, 0.1) is 12.6 Å². The SMILES string of the molecule is Cn1cccc1[C@@H]1CCCN1CC(=O)Nc1ccc(C(N)=O)cc1. The average Bonchev–Trinajstić information content (AvgIpc) is 3.16. The molecule has 0 saturated carbocycles. The molecule has 2 amide bonds. The van der Waals surface area contributed by atoms with E-state index < -0.39 is 5.91 Å². The molecule has 1 fully saturated rings. The van der Waals surface area contributed by atoms with E-state index in [9.17, 15) is 9.59 Å². The van der Waals surface area contributed by atoms with Gasteiger partial charge in [0.15, 0.2) is 0 Å². The van der Waals surface area contributed by atoms with Crippen molar-refractivity contribution < 1.29 is 9.59 Å². The van der Waals surface area contributed by atoms with E-state index in [0.29, 0.717) is 17.8 Å². The molecule has 3 N–H and O–H groups in total. The highest BCUT2D eigenvalue weighted by Crippen LogP contribution is 2.31. The minimum atomic E-state index is -0.477. The Hall–Kier alpha value is -2.60. The third-order valence-corrected chi connectivity index (χ3v) is 4.49. The van der Waals surface area contributed by atoms with Crippen molar-refractivity contribution in [2.24, 2.45) is 12.8 Å². The largest absolute Gasteiger partial charge is 0.366 e. The van der Waals surface area contributed by atoms with Crippen LogP contribution in [0.3, 0.4) is 0 Å². The second kappa shape index (κ2) is 6.88. The third-order valence-electron chi connectivity index (χ3n) is 4.49. The Balaban J connectivity index is 1.62. The average molecular weight is 326 g/mol. The van der Waals surface area contributed by atoms with E-state index in [1.54, 1.807) is 24.3 Å². The fraction of sp³-hybridized carbons (Fsp3) is 0.333. The van der Waals surface area contributed by atoms with Crippen LogP contribution in [0.2, 0.25) is 0 Å². The van der Waals surface area contributed by atoms with Crippen LogP contribution in [-0.2, 0) is 11.8 Å². The van der Waals surface area contributed by atoms with Crippen molar-refractivity contribution >= 4 is 17.5 Å². The maximum atomic E-state index is 12.3. The number of nitrogens with one attached hydrogen (secondary N) is 1. The van der Waals surface area contributed by atoms with Crippen LogP contribution >= 0.6 is 0 Å². The first-order valence-electron chi connectivity index (χ1n) is 8.09. The van der Waals surface area contributed by atoms with Crippen LogP contribution in [0.5, 0.6) is 0 Å². The number of rotatable bonds is 5. The summed E-state index contributed by atoms with van der Waals surface area (Å²) >= 11 is 0. The van der Waals surface area contributed by atoms with Crippen LogP contribution < -0.4 is 11.1 Å². The highest BCUT2D eigenvalue weighted by molar-refractivity contribution is 5.95. The molecule has 1 aliphatic rings. The van der Waals surface area contributed by atoms with Gasteiger partial charge in [0, 0.05) is 30.2 Å². The smallest absolute Gasteiger partial charge is 0.248 e. The molecule has 1 aromatic carbocycles. The number of benzene rings is 1. The third kappa shape index (κ3) is 3.49. The molecule has 0 bridgehead atoms. The Kier molecular flexibility index (Phi) is 4.66. The topological polar surface area (TPSA) is 80.4 Å². The van der Waals surface area contributed by atoms with E-state index >= 15 is 0 Å². The fourth-order valence-electron chi connectivity index (χ4n) is 3.27. The molecule has 1 atom stereocenters. The molecule has 1 saturated heterocycles. The molecule has 126 valence electrons. The van der Waals surface area contributed by atoms with E-state index in [-0.39, 0.29) is 11.9 Å². The molecule has 0 aliphatic carbocycles. The first kappa shape index (κ1) is 16.3. The maximum Gasteiger partial charge on any atom is 0.248 e. The van der Waals surface area contributed by atoms with Crippen LogP contribution in [0.15, 0.2) is 42.6 Å². The minimum absolute atomic E-state index is 0.0528. The van der Waals surface area contributed by atoms with Gasteiger partial charge in [-0.05, 0) is 55.8 Å². The van der Waals surface area contributed by atoms with Gasteiger partial charge >= 0.3 is 0 Å². The van der Waals surface area contributed by atoms with Crippen LogP contribution in [0.4, 0.5) is 5.69 Å². The predicted octanol–water partition coefficient (Wildman–Crippen LogP) is 1.90. The molecule has 2 aromatic rings. The number of primary amides is 1. The van der Waals surface area contributed by atoms with Gasteiger partial charge in [0.25, 0.3) is 0 Å². The maximum absolute atomic E-state index is 12.3. The molecule has 6 nitrogen and oxygen atoms in total. The second-order valence-corrected chi connectivity index (χ2v) is 6.16. The molecule has 0 unspecified atom stereocenters. The summed E-state index contributed by atoms with van der Waals surface area (Å²) in [5.41, 5.74) is 7.55. The van der Waals surface area contributed by atoms with Crippen molar-refractivity contribution in [3.63, 3.8) is 0 Å². The molecule has 24 heavy (non-hydrogen) atoms. The molecule has 0 radical (unpaired) electrons. The minimum Gasteiger partial charge on any atom is -0.366 e. The first-order chi connectivity index (χ1) is 11.5. The Bertz CT molecular complexity index is 736. The van der Waals surface area contributed by atoms with Crippen molar-refractivity contribution in [2.45, 2.75) is 18.9 Å². The number of anilines is 1. The van der Waals surface area contributed by atoms with Gasteiger partial charge in [0.1, 0.15) is 0 Å². The second-order valence-electron chi connectivity index (χ2n) is 6.16. The summed E-state index contributed by atoms with van der Waals surface area (Å²) in [6.07, 6.45) is 4.20. The molecule has 6 heteroatoms. The van der Waals surface area contributed by atoms with Gasteiger partial charge in [-0.1, -0.05) is 0 Å². The van der Waals surface area contributed by atoms with E-state index in [2.05, 4.69) is 20.9 Å². The number of amides is 2. The van der Waals surface area contributed by atoms with Crippen LogP contribution in [0, 0.1) is 0 Å². The van der Waals surface area contributed by atoms with Gasteiger partial charge in [0.2, 0.25) is 11.8 Å². The lowest BCUT2D eigenvalue weighted by molar-refractivity contribution is -0.117. The van der Waals surface area contributed by atoms with Crippen molar-refractivity contribution in [1.82, 2.24) is 9.47 Å². The fourth-order valence-corrected chi connectivity index (χ4v) is 3.27. The normalized spacial score (nSPS) is 17.8. The predicted molar refractivity (Wildman–Crippen MR) is 92.6 cm³/mol. The Morgan fingerprint density at radius 1 is 1.25 bits per heavy atom. The summed E-state index contributed by atoms with van der Waals surface area (Å²) in [5.74, 6) is -0.529. The Labute approximate surface area is 141 Å². The van der Waals surface area contributed by atoms with E-state index in [1.165, 1.54) is 5.69 Å². The number of carbonyl (C=O) groups excluding carboxylic acids is 2. The Morgan fingerprint density at radius 3 is 2.62 bits per heavy atom. The number of carbonyl (C=O) groups is 2. The zero-order valence-electron chi connectivity index (χ0n) is 13.7. The molecule has 0 spiro atoms. The zero-order valence-corrected chi connectivity index (χ0v) is 13.7. The van der Waals surface area contributed by atoms with Gasteiger partial charge in [-0.25, -0.2) is 0 Å². The van der Waals surface area contributed by atoms with E-state index in [1.807, 2.05) is 19.3 Å². The molecule has 1 aliphatic heterocycles. The summed E-state index contributed by atoms with van der Waals surface area (Å²) < 4.78 is 2.11. The molecular weight excluding hydrogens is 304 g/mol. The summed E-state index contributed by atoms with van der Waals surface area (Å²) in [4.78, 5) is 25.6. The monoisotopic (exact) mass is 326 g/mol. The molecule has 2 heterocycles. The number of nitrogens with zero attached hydrogens (tertiary/aromatic N) is 2. The summed E-state index contributed by atoms with van der Waals surface area (Å²) in [6, 6.07) is 11.0. The van der Waals surface area contributed by atoms with Gasteiger partial charge in [-0.15, -0.1) is 0 Å². The number of nitrogens with two attached hydrogens (primary N) is 1. The molecular formula is C18H22N4O2.